The summed E-state index contributed by atoms with van der Waals surface area (Å²) < 4.78 is 10.8. The number of hydrogen-bond acceptors (Lipinski definition) is 5. The van der Waals surface area contributed by atoms with E-state index in [1.807, 2.05) is 36.1 Å². The highest BCUT2D eigenvalue weighted by molar-refractivity contribution is 5.79. The third-order valence-electron chi connectivity index (χ3n) is 4.35. The fraction of sp³-hybridized carbons (Fsp3) is 0.500. The topological polar surface area (TPSA) is 68.5 Å². The van der Waals surface area contributed by atoms with E-state index in [4.69, 9.17) is 9.26 Å². The zero-order valence-corrected chi connectivity index (χ0v) is 14.2. The summed E-state index contributed by atoms with van der Waals surface area (Å²) in [5, 5.41) is 3.83. The van der Waals surface area contributed by atoms with Gasteiger partial charge in [0.1, 0.15) is 6.61 Å². The van der Waals surface area contributed by atoms with Gasteiger partial charge in [0.25, 0.3) is 0 Å². The average molecular weight is 329 g/mol. The highest BCUT2D eigenvalue weighted by Gasteiger charge is 2.24. The van der Waals surface area contributed by atoms with E-state index in [2.05, 4.69) is 10.1 Å². The van der Waals surface area contributed by atoms with Crippen molar-refractivity contribution >= 4 is 5.91 Å². The fourth-order valence-corrected chi connectivity index (χ4v) is 2.98. The first-order valence-corrected chi connectivity index (χ1v) is 8.35. The molecule has 2 aromatic rings. The van der Waals surface area contributed by atoms with Gasteiger partial charge in [-0.05, 0) is 30.9 Å². The lowest BCUT2D eigenvalue weighted by Crippen LogP contribution is -2.43. The zero-order valence-electron chi connectivity index (χ0n) is 14.2. The van der Waals surface area contributed by atoms with Gasteiger partial charge < -0.3 is 14.2 Å². The Morgan fingerprint density at radius 3 is 2.96 bits per heavy atom. The molecule has 0 bridgehead atoms. The number of likely N-dealkylation sites (tertiary alicyclic amines) is 1. The van der Waals surface area contributed by atoms with Crippen LogP contribution in [-0.4, -0.2) is 40.1 Å². The van der Waals surface area contributed by atoms with Crippen LogP contribution in [0.2, 0.25) is 0 Å². The maximum absolute atomic E-state index is 12.6. The van der Waals surface area contributed by atoms with E-state index >= 15 is 0 Å². The van der Waals surface area contributed by atoms with Gasteiger partial charge in [-0.25, -0.2) is 0 Å². The van der Waals surface area contributed by atoms with Gasteiger partial charge in [-0.2, -0.15) is 4.98 Å². The Morgan fingerprint density at radius 1 is 1.38 bits per heavy atom. The van der Waals surface area contributed by atoms with Gasteiger partial charge in [0, 0.05) is 20.0 Å². The molecular formula is C18H23N3O3. The van der Waals surface area contributed by atoms with Gasteiger partial charge in [-0.1, -0.05) is 29.4 Å². The molecule has 2 heterocycles. The van der Waals surface area contributed by atoms with E-state index in [9.17, 15) is 4.79 Å². The molecule has 128 valence electrons. The van der Waals surface area contributed by atoms with Crippen LogP contribution in [-0.2, 0) is 22.6 Å². The Kier molecular flexibility index (Phi) is 5.25. The Hall–Kier alpha value is -2.21. The first-order chi connectivity index (χ1) is 11.6. The number of carbonyl (C=O) groups excluding carboxylic acids is 1. The highest BCUT2D eigenvalue weighted by Crippen LogP contribution is 2.17. The molecule has 0 aliphatic carbocycles. The van der Waals surface area contributed by atoms with Crippen LogP contribution in [0.25, 0.3) is 0 Å². The summed E-state index contributed by atoms with van der Waals surface area (Å²) in [4.78, 5) is 18.6. The number of aromatic nitrogens is 2. The number of piperidine rings is 1. The van der Waals surface area contributed by atoms with Crippen molar-refractivity contribution in [3.63, 3.8) is 0 Å². The first-order valence-electron chi connectivity index (χ1n) is 8.35. The molecule has 1 saturated heterocycles. The van der Waals surface area contributed by atoms with Crippen LogP contribution in [0.1, 0.15) is 35.7 Å². The normalized spacial score (nSPS) is 17.9. The predicted octanol–water partition coefficient (Wildman–Crippen LogP) is 2.44. The summed E-state index contributed by atoms with van der Waals surface area (Å²) in [7, 11) is 0. The van der Waals surface area contributed by atoms with Crippen molar-refractivity contribution in [2.45, 2.75) is 45.8 Å². The monoisotopic (exact) mass is 329 g/mol. The number of amides is 1. The molecule has 3 rings (SSSR count). The molecule has 24 heavy (non-hydrogen) atoms. The number of nitrogens with zero attached hydrogens (tertiary/aromatic N) is 3. The molecule has 1 amide bonds. The van der Waals surface area contributed by atoms with Crippen molar-refractivity contribution in [1.29, 1.82) is 0 Å². The zero-order chi connectivity index (χ0) is 16.9. The van der Waals surface area contributed by atoms with E-state index in [-0.39, 0.29) is 12.0 Å². The van der Waals surface area contributed by atoms with Crippen molar-refractivity contribution in [2.75, 3.05) is 13.1 Å². The lowest BCUT2D eigenvalue weighted by atomic mass is 10.0. The SMILES string of the molecule is Cc1nc(COC2CCCN(C(=O)Cc3ccccc3C)C2)no1. The lowest BCUT2D eigenvalue weighted by Gasteiger charge is -2.32. The quantitative estimate of drug-likeness (QED) is 0.843. The van der Waals surface area contributed by atoms with E-state index < -0.39 is 0 Å². The number of hydrogen-bond donors (Lipinski definition) is 0. The number of carbonyl (C=O) groups is 1. The van der Waals surface area contributed by atoms with Crippen LogP contribution in [0.3, 0.4) is 0 Å². The smallest absolute Gasteiger partial charge is 0.227 e. The number of rotatable bonds is 5. The van der Waals surface area contributed by atoms with Gasteiger partial charge >= 0.3 is 0 Å². The molecule has 1 aromatic carbocycles. The van der Waals surface area contributed by atoms with Crippen LogP contribution < -0.4 is 0 Å². The van der Waals surface area contributed by atoms with E-state index in [0.29, 0.717) is 31.3 Å². The van der Waals surface area contributed by atoms with Crippen molar-refractivity contribution in [2.24, 2.45) is 0 Å². The lowest BCUT2D eigenvalue weighted by molar-refractivity contribution is -0.135. The second kappa shape index (κ2) is 7.57. The number of aryl methyl sites for hydroxylation is 2. The minimum atomic E-state index is 0.0263. The molecule has 6 heteroatoms. The molecule has 0 saturated carbocycles. The molecular weight excluding hydrogens is 306 g/mol. The van der Waals surface area contributed by atoms with E-state index in [1.54, 1.807) is 6.92 Å². The van der Waals surface area contributed by atoms with Crippen molar-refractivity contribution in [3.8, 4) is 0 Å². The minimum Gasteiger partial charge on any atom is -0.368 e. The van der Waals surface area contributed by atoms with Crippen LogP contribution >= 0.6 is 0 Å². The summed E-state index contributed by atoms with van der Waals surface area (Å²) in [5.41, 5.74) is 2.25. The highest BCUT2D eigenvalue weighted by atomic mass is 16.5. The third-order valence-corrected chi connectivity index (χ3v) is 4.35. The van der Waals surface area contributed by atoms with Crippen molar-refractivity contribution in [1.82, 2.24) is 15.0 Å². The molecule has 1 aromatic heterocycles. The van der Waals surface area contributed by atoms with E-state index in [0.717, 1.165) is 30.5 Å². The van der Waals surface area contributed by atoms with Crippen LogP contribution in [0.4, 0.5) is 0 Å². The van der Waals surface area contributed by atoms with E-state index in [1.165, 1.54) is 0 Å². The number of benzene rings is 1. The Labute approximate surface area is 141 Å². The second-order valence-electron chi connectivity index (χ2n) is 6.25. The molecule has 0 spiro atoms. The third kappa shape index (κ3) is 4.20. The average Bonchev–Trinajstić information content (AvgIpc) is 3.01. The fourth-order valence-electron chi connectivity index (χ4n) is 2.98. The Balaban J connectivity index is 1.53. The standard InChI is InChI=1S/C18H23N3O3/c1-13-6-3-4-7-15(13)10-18(22)21-9-5-8-16(11-21)23-12-17-19-14(2)24-20-17/h3-4,6-7,16H,5,8-12H2,1-2H3. The summed E-state index contributed by atoms with van der Waals surface area (Å²) in [6, 6.07) is 8.03. The Morgan fingerprint density at radius 2 is 2.21 bits per heavy atom. The summed E-state index contributed by atoms with van der Waals surface area (Å²) >= 11 is 0. The molecule has 0 radical (unpaired) electrons. The molecule has 6 nitrogen and oxygen atoms in total. The maximum atomic E-state index is 12.6. The maximum Gasteiger partial charge on any atom is 0.227 e. The summed E-state index contributed by atoms with van der Waals surface area (Å²) in [6.07, 6.45) is 2.38. The largest absolute Gasteiger partial charge is 0.368 e. The molecule has 1 fully saturated rings. The van der Waals surface area contributed by atoms with Gasteiger partial charge in [0.05, 0.1) is 12.5 Å². The van der Waals surface area contributed by atoms with Crippen LogP contribution in [0.5, 0.6) is 0 Å². The predicted molar refractivity (Wildman–Crippen MR) is 88.3 cm³/mol. The van der Waals surface area contributed by atoms with Crippen molar-refractivity contribution in [3.05, 3.63) is 47.1 Å². The molecule has 1 aliphatic heterocycles. The van der Waals surface area contributed by atoms with Crippen molar-refractivity contribution < 1.29 is 14.1 Å². The molecule has 0 N–H and O–H groups in total. The summed E-state index contributed by atoms with van der Waals surface area (Å²) in [6.45, 7) is 5.54. The molecule has 1 aliphatic rings. The van der Waals surface area contributed by atoms with Crippen LogP contribution in [0, 0.1) is 13.8 Å². The minimum absolute atomic E-state index is 0.0263. The van der Waals surface area contributed by atoms with Gasteiger partial charge in [-0.15, -0.1) is 0 Å². The first kappa shape index (κ1) is 16.6. The summed E-state index contributed by atoms with van der Waals surface area (Å²) in [5.74, 6) is 1.25. The number of ether oxygens (including phenoxy) is 1. The second-order valence-corrected chi connectivity index (χ2v) is 6.25. The van der Waals surface area contributed by atoms with Gasteiger partial charge in [0.2, 0.25) is 11.8 Å². The van der Waals surface area contributed by atoms with Gasteiger partial charge in [0.15, 0.2) is 5.82 Å². The van der Waals surface area contributed by atoms with Gasteiger partial charge in [-0.3, -0.25) is 4.79 Å². The molecule has 1 unspecified atom stereocenters. The molecule has 1 atom stereocenters. The Bertz CT molecular complexity index is 698. The van der Waals surface area contributed by atoms with Crippen LogP contribution in [0.15, 0.2) is 28.8 Å².